The van der Waals surface area contributed by atoms with Crippen LogP contribution in [0.5, 0.6) is 5.75 Å². The van der Waals surface area contributed by atoms with Crippen LogP contribution in [0.2, 0.25) is 5.02 Å². The van der Waals surface area contributed by atoms with Crippen molar-refractivity contribution in [3.63, 3.8) is 0 Å². The summed E-state index contributed by atoms with van der Waals surface area (Å²) >= 11 is 14.6. The van der Waals surface area contributed by atoms with Crippen molar-refractivity contribution < 1.29 is 5.11 Å². The first kappa shape index (κ1) is 27.8. The van der Waals surface area contributed by atoms with E-state index in [2.05, 4.69) is 80.3 Å². The van der Waals surface area contributed by atoms with Crippen LogP contribution in [0.25, 0.3) is 5.57 Å². The average Bonchev–Trinajstić information content (AvgIpc) is 2.89. The molecule has 3 rings (SSSR count). The summed E-state index contributed by atoms with van der Waals surface area (Å²) in [4.78, 5) is 0. The van der Waals surface area contributed by atoms with E-state index in [9.17, 15) is 5.11 Å². The zero-order valence-corrected chi connectivity index (χ0v) is 23.5. The minimum atomic E-state index is -3.31. The Balaban J connectivity index is 2.29. The number of phenolic OH excluding ortho intramolecular Hbond substituents is 1. The number of hydrogen-bond donors (Lipinski definition) is 1. The molecule has 1 nitrogen and oxygen atoms in total. The molecule has 1 N–H and O–H groups in total. The first-order chi connectivity index (χ1) is 16.9. The van der Waals surface area contributed by atoms with Gasteiger partial charge in [0.1, 0.15) is 0 Å². The van der Waals surface area contributed by atoms with E-state index in [4.69, 9.17) is 22.8 Å². The van der Waals surface area contributed by atoms with E-state index in [-0.39, 0.29) is 5.75 Å². The Kier molecular flexibility index (Phi) is 10.3. The number of benzene rings is 3. The minimum absolute atomic E-state index is 0.252. The van der Waals surface area contributed by atoms with Crippen LogP contribution in [0.1, 0.15) is 70.8 Å². The van der Waals surface area contributed by atoms with E-state index >= 15 is 0 Å². The molecule has 0 aliphatic carbocycles. The molecule has 0 amide bonds. The summed E-state index contributed by atoms with van der Waals surface area (Å²) in [7, 11) is 0. The summed E-state index contributed by atoms with van der Waals surface area (Å²) < 4.78 is 0. The normalized spacial score (nSPS) is 13.4. The zero-order valence-electron chi connectivity index (χ0n) is 21.1. The topological polar surface area (TPSA) is 20.2 Å². The molecular weight excluding hydrogens is 490 g/mol. The van der Waals surface area contributed by atoms with Gasteiger partial charge in [-0.1, -0.05) is 0 Å². The Hall–Kier alpha value is -1.79. The maximum atomic E-state index is 10.9. The Morgan fingerprint density at radius 2 is 1.34 bits per heavy atom. The van der Waals surface area contributed by atoms with Crippen LogP contribution in [0.4, 0.5) is 0 Å². The fraction of sp³-hybridized carbons (Fsp3) is 0.355. The second-order valence-corrected chi connectivity index (χ2v) is 16.5. The summed E-state index contributed by atoms with van der Waals surface area (Å²) in [6.45, 7) is 4.44. The first-order valence-electron chi connectivity index (χ1n) is 13.0. The van der Waals surface area contributed by atoms with E-state index in [1.54, 1.807) is 12.1 Å². The van der Waals surface area contributed by atoms with Gasteiger partial charge in [0, 0.05) is 0 Å². The van der Waals surface area contributed by atoms with Gasteiger partial charge in [0.05, 0.1) is 0 Å². The van der Waals surface area contributed by atoms with Crippen molar-refractivity contribution in [2.75, 3.05) is 6.16 Å². The second kappa shape index (κ2) is 13.0. The summed E-state index contributed by atoms with van der Waals surface area (Å²) in [5, 5.41) is 13.8. The summed E-state index contributed by atoms with van der Waals surface area (Å²) in [6, 6.07) is 26.5. The molecule has 0 radical (unpaired) electrons. The van der Waals surface area contributed by atoms with E-state index < -0.39 is 5.96 Å². The SMILES string of the molecule is CCCCCCCP(Cl)(/C=C(/CCCC)c1cc(Cl)ccc1O)(c1ccccc1)c1ccccc1. The van der Waals surface area contributed by atoms with Crippen LogP contribution in [-0.4, -0.2) is 11.3 Å². The van der Waals surface area contributed by atoms with Crippen molar-refractivity contribution in [3.05, 3.63) is 95.3 Å². The van der Waals surface area contributed by atoms with Crippen molar-refractivity contribution in [3.8, 4) is 5.75 Å². The molecule has 0 saturated carbocycles. The van der Waals surface area contributed by atoms with Crippen molar-refractivity contribution >= 4 is 45.0 Å². The van der Waals surface area contributed by atoms with Crippen LogP contribution in [0, 0.1) is 0 Å². The van der Waals surface area contributed by atoms with E-state index in [0.29, 0.717) is 5.02 Å². The third kappa shape index (κ3) is 6.71. The van der Waals surface area contributed by atoms with Crippen molar-refractivity contribution in [2.45, 2.75) is 65.2 Å². The average molecular weight is 530 g/mol. The molecular formula is C31H39Cl2OP. The predicted octanol–water partition coefficient (Wildman–Crippen LogP) is 9.91. The number of hydrogen-bond acceptors (Lipinski definition) is 1. The molecule has 0 aliphatic rings. The monoisotopic (exact) mass is 528 g/mol. The van der Waals surface area contributed by atoms with E-state index in [0.717, 1.165) is 43.0 Å². The summed E-state index contributed by atoms with van der Waals surface area (Å²) in [6.07, 6.45) is 9.73. The number of rotatable bonds is 13. The van der Waals surface area contributed by atoms with Crippen LogP contribution < -0.4 is 10.6 Å². The Morgan fingerprint density at radius 1 is 0.771 bits per heavy atom. The molecule has 0 spiro atoms. The van der Waals surface area contributed by atoms with Gasteiger partial charge in [0.15, 0.2) is 0 Å². The van der Waals surface area contributed by atoms with Gasteiger partial charge in [-0.25, -0.2) is 0 Å². The molecule has 0 heterocycles. The van der Waals surface area contributed by atoms with Crippen LogP contribution in [0.15, 0.2) is 84.7 Å². The molecule has 188 valence electrons. The number of aromatic hydroxyl groups is 1. The van der Waals surface area contributed by atoms with Crippen LogP contribution in [-0.2, 0) is 0 Å². The molecule has 0 aliphatic heterocycles. The van der Waals surface area contributed by atoms with Crippen LogP contribution in [0.3, 0.4) is 0 Å². The molecule has 35 heavy (non-hydrogen) atoms. The second-order valence-electron chi connectivity index (χ2n) is 9.48. The molecule has 0 unspecified atom stereocenters. The van der Waals surface area contributed by atoms with Gasteiger partial charge < -0.3 is 0 Å². The van der Waals surface area contributed by atoms with Gasteiger partial charge in [-0.15, -0.1) is 0 Å². The van der Waals surface area contributed by atoms with Crippen molar-refractivity contribution in [2.24, 2.45) is 0 Å². The standard InChI is InChI=1S/C31H39Cl2OP/c1-3-5-7-8-15-23-35(33,28-17-11-9-12-18-28,29-19-13-10-14-20-29)25-26(16-6-4-2)30-24-27(32)21-22-31(30)34/h9-14,17-22,24-25,34H,3-8,15-16,23H2,1-2H3/b26-25-. The number of phenols is 1. The van der Waals surface area contributed by atoms with Gasteiger partial charge in [-0.05, 0) is 0 Å². The maximum absolute atomic E-state index is 10.9. The molecule has 0 aromatic heterocycles. The van der Waals surface area contributed by atoms with Gasteiger partial charge >= 0.3 is 222 Å². The molecule has 3 aromatic rings. The van der Waals surface area contributed by atoms with Gasteiger partial charge in [0.2, 0.25) is 0 Å². The molecule has 0 bridgehead atoms. The van der Waals surface area contributed by atoms with Crippen molar-refractivity contribution in [1.29, 1.82) is 0 Å². The Bertz CT molecular complexity index is 1060. The quantitative estimate of drug-likeness (QED) is 0.173. The zero-order chi connectivity index (χ0) is 25.2. The molecule has 0 saturated heterocycles. The number of halogens is 2. The summed E-state index contributed by atoms with van der Waals surface area (Å²) in [5.41, 5.74) is 1.87. The Morgan fingerprint density at radius 3 is 1.91 bits per heavy atom. The van der Waals surface area contributed by atoms with Gasteiger partial charge in [0.25, 0.3) is 0 Å². The molecule has 0 atom stereocenters. The van der Waals surface area contributed by atoms with Gasteiger partial charge in [-0.3, -0.25) is 0 Å². The Labute approximate surface area is 221 Å². The van der Waals surface area contributed by atoms with E-state index in [1.807, 2.05) is 6.07 Å². The third-order valence-corrected chi connectivity index (χ3v) is 13.9. The number of allylic oxidation sites excluding steroid dienone is 1. The van der Waals surface area contributed by atoms with E-state index in [1.165, 1.54) is 36.3 Å². The number of unbranched alkanes of at least 4 members (excludes halogenated alkanes) is 5. The molecule has 4 heteroatoms. The fourth-order valence-electron chi connectivity index (χ4n) is 4.87. The van der Waals surface area contributed by atoms with Crippen molar-refractivity contribution in [1.82, 2.24) is 0 Å². The first-order valence-corrected chi connectivity index (χ1v) is 16.7. The third-order valence-electron chi connectivity index (χ3n) is 6.86. The van der Waals surface area contributed by atoms with Gasteiger partial charge in [-0.2, -0.15) is 0 Å². The molecule has 0 fully saturated rings. The fourth-order valence-corrected chi connectivity index (χ4v) is 11.1. The summed E-state index contributed by atoms with van der Waals surface area (Å²) in [5.74, 6) is -0.694. The van der Waals surface area contributed by atoms with Crippen LogP contribution >= 0.6 is 28.8 Å². The predicted molar refractivity (Wildman–Crippen MR) is 159 cm³/mol. The molecule has 3 aromatic carbocycles.